The number of rotatable bonds is 5. The van der Waals surface area contributed by atoms with E-state index in [9.17, 15) is 4.39 Å². The Hall–Kier alpha value is -1.38. The standard InChI is InChI=1S/C16H17ClFN/c1-2-19-16(12-7-9-14(18)10-8-12)11-13-5-3-4-6-15(13)17/h3-10,16,19H,2,11H2,1H3. The molecule has 0 bridgehead atoms. The summed E-state index contributed by atoms with van der Waals surface area (Å²) in [4.78, 5) is 0. The van der Waals surface area contributed by atoms with Gasteiger partial charge in [0, 0.05) is 11.1 Å². The molecule has 0 aliphatic rings. The largest absolute Gasteiger partial charge is 0.310 e. The topological polar surface area (TPSA) is 12.0 Å². The first kappa shape index (κ1) is 14.0. The molecule has 2 aromatic carbocycles. The zero-order chi connectivity index (χ0) is 13.7. The van der Waals surface area contributed by atoms with Crippen LogP contribution in [-0.4, -0.2) is 6.54 Å². The molecule has 0 aliphatic carbocycles. The van der Waals surface area contributed by atoms with Gasteiger partial charge in [-0.3, -0.25) is 0 Å². The van der Waals surface area contributed by atoms with E-state index in [1.165, 1.54) is 12.1 Å². The van der Waals surface area contributed by atoms with Crippen molar-refractivity contribution in [1.82, 2.24) is 5.32 Å². The van der Waals surface area contributed by atoms with Gasteiger partial charge in [0.05, 0.1) is 0 Å². The Morgan fingerprint density at radius 2 is 1.79 bits per heavy atom. The van der Waals surface area contributed by atoms with Gasteiger partial charge in [-0.25, -0.2) is 4.39 Å². The second-order valence-electron chi connectivity index (χ2n) is 4.46. The molecule has 0 saturated heterocycles. The lowest BCUT2D eigenvalue weighted by atomic mass is 9.99. The van der Waals surface area contributed by atoms with Crippen LogP contribution in [0.4, 0.5) is 4.39 Å². The molecule has 3 heteroatoms. The van der Waals surface area contributed by atoms with E-state index in [1.54, 1.807) is 0 Å². The van der Waals surface area contributed by atoms with Crippen molar-refractivity contribution in [1.29, 1.82) is 0 Å². The predicted molar refractivity (Wildman–Crippen MR) is 78.0 cm³/mol. The maximum atomic E-state index is 13.0. The monoisotopic (exact) mass is 277 g/mol. The van der Waals surface area contributed by atoms with Crippen LogP contribution < -0.4 is 5.32 Å². The maximum Gasteiger partial charge on any atom is 0.123 e. The molecule has 0 fully saturated rings. The molecule has 0 aliphatic heterocycles. The molecule has 2 rings (SSSR count). The average Bonchev–Trinajstić information content (AvgIpc) is 2.42. The van der Waals surface area contributed by atoms with Gasteiger partial charge >= 0.3 is 0 Å². The van der Waals surface area contributed by atoms with Crippen molar-refractivity contribution in [3.05, 3.63) is 70.5 Å². The van der Waals surface area contributed by atoms with Crippen LogP contribution in [0.5, 0.6) is 0 Å². The van der Waals surface area contributed by atoms with Crippen molar-refractivity contribution in [3.8, 4) is 0 Å². The number of halogens is 2. The van der Waals surface area contributed by atoms with Gasteiger partial charge in [-0.2, -0.15) is 0 Å². The van der Waals surface area contributed by atoms with Crippen LogP contribution in [0, 0.1) is 5.82 Å². The molecule has 1 atom stereocenters. The van der Waals surface area contributed by atoms with Crippen LogP contribution in [0.1, 0.15) is 24.1 Å². The van der Waals surface area contributed by atoms with Crippen LogP contribution in [-0.2, 0) is 6.42 Å². The second-order valence-corrected chi connectivity index (χ2v) is 4.86. The molecule has 0 aromatic heterocycles. The first-order valence-corrected chi connectivity index (χ1v) is 6.80. The molecule has 19 heavy (non-hydrogen) atoms. The molecular formula is C16H17ClFN. The molecule has 0 heterocycles. The fourth-order valence-corrected chi connectivity index (χ4v) is 2.35. The molecule has 2 aromatic rings. The fraction of sp³-hybridized carbons (Fsp3) is 0.250. The quantitative estimate of drug-likeness (QED) is 0.856. The van der Waals surface area contributed by atoms with Crippen molar-refractivity contribution >= 4 is 11.6 Å². The molecule has 0 saturated carbocycles. The van der Waals surface area contributed by atoms with Gasteiger partial charge in [-0.1, -0.05) is 48.9 Å². The normalized spacial score (nSPS) is 12.4. The number of nitrogens with one attached hydrogen (secondary N) is 1. The third-order valence-corrected chi connectivity index (χ3v) is 3.47. The van der Waals surface area contributed by atoms with Gasteiger partial charge in [0.25, 0.3) is 0 Å². The fourth-order valence-electron chi connectivity index (χ4n) is 2.13. The lowest BCUT2D eigenvalue weighted by molar-refractivity contribution is 0.547. The van der Waals surface area contributed by atoms with Crippen molar-refractivity contribution < 1.29 is 4.39 Å². The minimum absolute atomic E-state index is 0.144. The van der Waals surface area contributed by atoms with E-state index >= 15 is 0 Å². The summed E-state index contributed by atoms with van der Waals surface area (Å²) < 4.78 is 13.0. The van der Waals surface area contributed by atoms with Crippen molar-refractivity contribution in [2.75, 3.05) is 6.54 Å². The van der Waals surface area contributed by atoms with E-state index in [4.69, 9.17) is 11.6 Å². The van der Waals surface area contributed by atoms with Crippen molar-refractivity contribution in [2.24, 2.45) is 0 Å². The number of hydrogen-bond acceptors (Lipinski definition) is 1. The van der Waals surface area contributed by atoms with E-state index in [0.29, 0.717) is 0 Å². The highest BCUT2D eigenvalue weighted by Gasteiger charge is 2.12. The zero-order valence-corrected chi connectivity index (χ0v) is 11.6. The second kappa shape index (κ2) is 6.69. The summed E-state index contributed by atoms with van der Waals surface area (Å²) in [6.07, 6.45) is 0.791. The molecule has 1 nitrogen and oxygen atoms in total. The summed E-state index contributed by atoms with van der Waals surface area (Å²) in [5, 5.41) is 4.18. The Kier molecular flexibility index (Phi) is 4.94. The Labute approximate surface area is 118 Å². The van der Waals surface area contributed by atoms with Gasteiger partial charge < -0.3 is 5.32 Å². The highest BCUT2D eigenvalue weighted by Crippen LogP contribution is 2.23. The van der Waals surface area contributed by atoms with Crippen LogP contribution in [0.15, 0.2) is 48.5 Å². The molecule has 1 unspecified atom stereocenters. The molecule has 100 valence electrons. The minimum atomic E-state index is -0.211. The van der Waals surface area contributed by atoms with E-state index in [0.717, 1.165) is 29.1 Å². The summed E-state index contributed by atoms with van der Waals surface area (Å²) in [5.41, 5.74) is 2.17. The Bertz CT molecular complexity index is 525. The van der Waals surface area contributed by atoms with Crippen molar-refractivity contribution in [3.63, 3.8) is 0 Å². The van der Waals surface area contributed by atoms with E-state index in [-0.39, 0.29) is 11.9 Å². The molecule has 0 radical (unpaired) electrons. The van der Waals surface area contributed by atoms with Gasteiger partial charge in [0.1, 0.15) is 5.82 Å². The van der Waals surface area contributed by atoms with Crippen molar-refractivity contribution in [2.45, 2.75) is 19.4 Å². The first-order chi connectivity index (χ1) is 9.20. The minimum Gasteiger partial charge on any atom is -0.310 e. The number of benzene rings is 2. The van der Waals surface area contributed by atoms with E-state index in [2.05, 4.69) is 12.2 Å². The lowest BCUT2D eigenvalue weighted by Crippen LogP contribution is -2.23. The molecule has 0 spiro atoms. The summed E-state index contributed by atoms with van der Waals surface area (Å²) >= 11 is 6.19. The predicted octanol–water partition coefficient (Wildman–Crippen LogP) is 4.37. The summed E-state index contributed by atoms with van der Waals surface area (Å²) in [5.74, 6) is -0.211. The number of likely N-dealkylation sites (N-methyl/N-ethyl adjacent to an activating group) is 1. The molecular weight excluding hydrogens is 261 g/mol. The Morgan fingerprint density at radius 1 is 1.11 bits per heavy atom. The third kappa shape index (κ3) is 3.79. The van der Waals surface area contributed by atoms with Crippen LogP contribution in [0.3, 0.4) is 0 Å². The average molecular weight is 278 g/mol. The summed E-state index contributed by atoms with van der Waals surface area (Å²) in [6, 6.07) is 14.6. The van der Waals surface area contributed by atoms with Crippen LogP contribution in [0.25, 0.3) is 0 Å². The van der Waals surface area contributed by atoms with Gasteiger partial charge in [0.15, 0.2) is 0 Å². The summed E-state index contributed by atoms with van der Waals surface area (Å²) in [7, 11) is 0. The van der Waals surface area contributed by atoms with Gasteiger partial charge in [-0.05, 0) is 42.3 Å². The zero-order valence-electron chi connectivity index (χ0n) is 10.9. The molecule has 1 N–H and O–H groups in total. The third-order valence-electron chi connectivity index (χ3n) is 3.10. The van der Waals surface area contributed by atoms with Crippen LogP contribution in [0.2, 0.25) is 5.02 Å². The SMILES string of the molecule is CCNC(Cc1ccccc1Cl)c1ccc(F)cc1. The Balaban J connectivity index is 2.21. The van der Waals surface area contributed by atoms with E-state index < -0.39 is 0 Å². The Morgan fingerprint density at radius 3 is 2.42 bits per heavy atom. The first-order valence-electron chi connectivity index (χ1n) is 6.43. The number of hydrogen-bond donors (Lipinski definition) is 1. The maximum absolute atomic E-state index is 13.0. The lowest BCUT2D eigenvalue weighted by Gasteiger charge is -2.19. The van der Waals surface area contributed by atoms with E-state index in [1.807, 2.05) is 36.4 Å². The highest BCUT2D eigenvalue weighted by molar-refractivity contribution is 6.31. The van der Waals surface area contributed by atoms with Gasteiger partial charge in [-0.15, -0.1) is 0 Å². The molecule has 0 amide bonds. The van der Waals surface area contributed by atoms with Gasteiger partial charge in [0.2, 0.25) is 0 Å². The highest BCUT2D eigenvalue weighted by atomic mass is 35.5. The van der Waals surface area contributed by atoms with Crippen LogP contribution >= 0.6 is 11.6 Å². The smallest absolute Gasteiger partial charge is 0.123 e. The summed E-state index contributed by atoms with van der Waals surface area (Å²) in [6.45, 7) is 2.91.